The zero-order valence-electron chi connectivity index (χ0n) is 15.9. The van der Waals surface area contributed by atoms with Crippen molar-refractivity contribution in [1.29, 1.82) is 0 Å². The Morgan fingerprint density at radius 1 is 1.41 bits per heavy atom. The maximum absolute atomic E-state index is 11.5. The van der Waals surface area contributed by atoms with Gasteiger partial charge in [0.15, 0.2) is 0 Å². The number of anilines is 1. The van der Waals surface area contributed by atoms with Crippen LogP contribution in [0.2, 0.25) is 0 Å². The van der Waals surface area contributed by atoms with E-state index in [0.717, 1.165) is 42.7 Å². The number of aryl methyl sites for hydroxylation is 1. The number of aromatic nitrogens is 2. The van der Waals surface area contributed by atoms with Crippen molar-refractivity contribution in [2.24, 2.45) is 5.92 Å². The molecule has 2 aliphatic rings. The molecule has 3 rings (SSSR count). The molecular weight excluding hydrogens is 437 g/mol. The van der Waals surface area contributed by atoms with E-state index in [1.807, 2.05) is 6.92 Å². The van der Waals surface area contributed by atoms with E-state index in [4.69, 9.17) is 14.6 Å². The molecule has 0 aliphatic carbocycles. The Hall–Kier alpha value is -1.51. The molecule has 1 aromatic heterocycles. The summed E-state index contributed by atoms with van der Waals surface area (Å²) in [5, 5.41) is 17.3. The van der Waals surface area contributed by atoms with Gasteiger partial charge in [0.25, 0.3) is 0 Å². The number of rotatable bonds is 6. The summed E-state index contributed by atoms with van der Waals surface area (Å²) in [7, 11) is -3.11. The number of aliphatic carboxylic acids is 1. The van der Waals surface area contributed by atoms with Crippen LogP contribution in [0.25, 0.3) is 0 Å². The summed E-state index contributed by atoms with van der Waals surface area (Å²) in [6.07, 6.45) is -3.26. The highest BCUT2D eigenvalue weighted by Gasteiger charge is 2.53. The predicted octanol–water partition coefficient (Wildman–Crippen LogP) is 1.40. The minimum atomic E-state index is -5.08. The first kappa shape index (κ1) is 23.8. The van der Waals surface area contributed by atoms with Crippen molar-refractivity contribution >= 4 is 32.5 Å². The number of carboxylic acids is 1. The van der Waals surface area contributed by atoms with E-state index in [0.29, 0.717) is 12.5 Å². The molecule has 1 unspecified atom stereocenters. The van der Waals surface area contributed by atoms with Crippen molar-refractivity contribution in [3.05, 3.63) is 5.01 Å². The van der Waals surface area contributed by atoms with E-state index in [-0.39, 0.29) is 11.4 Å². The summed E-state index contributed by atoms with van der Waals surface area (Å²) in [4.78, 5) is 11.1. The van der Waals surface area contributed by atoms with Crippen LogP contribution in [0.3, 0.4) is 0 Å². The molecule has 1 spiro atoms. The van der Waals surface area contributed by atoms with Gasteiger partial charge in [-0.25, -0.2) is 17.9 Å². The van der Waals surface area contributed by atoms with Crippen LogP contribution in [-0.4, -0.2) is 73.5 Å². The first-order valence-corrected chi connectivity index (χ1v) is 11.3. The number of hydrogen-bond acceptors (Lipinski definition) is 8. The molecule has 2 aliphatic heterocycles. The molecule has 9 nitrogen and oxygen atoms in total. The van der Waals surface area contributed by atoms with Gasteiger partial charge in [0.05, 0.1) is 18.8 Å². The van der Waals surface area contributed by atoms with Crippen LogP contribution in [0, 0.1) is 12.8 Å². The lowest BCUT2D eigenvalue weighted by Gasteiger charge is -2.50. The fourth-order valence-corrected chi connectivity index (χ4v) is 4.50. The van der Waals surface area contributed by atoms with Gasteiger partial charge in [-0.15, -0.1) is 10.2 Å². The second-order valence-electron chi connectivity index (χ2n) is 6.75. The Morgan fingerprint density at radius 3 is 2.52 bits per heavy atom. The molecule has 0 amide bonds. The second kappa shape index (κ2) is 9.10. The molecule has 166 valence electrons. The molecule has 1 aromatic rings. The molecular formula is C15H23F3N4O5S2. The normalized spacial score (nSPS) is 20.9. The molecule has 2 fully saturated rings. The Morgan fingerprint density at radius 2 is 2.03 bits per heavy atom. The van der Waals surface area contributed by atoms with Gasteiger partial charge in [-0.1, -0.05) is 11.3 Å². The monoisotopic (exact) mass is 460 g/mol. The van der Waals surface area contributed by atoms with Crippen LogP contribution < -0.4 is 9.62 Å². The third kappa shape index (κ3) is 6.23. The van der Waals surface area contributed by atoms with E-state index in [2.05, 4.69) is 19.8 Å². The molecule has 3 heterocycles. The van der Waals surface area contributed by atoms with Gasteiger partial charge in [-0.3, -0.25) is 0 Å². The van der Waals surface area contributed by atoms with Crippen LogP contribution in [0.4, 0.5) is 18.3 Å². The zero-order valence-corrected chi connectivity index (χ0v) is 17.5. The molecule has 2 N–H and O–H groups in total. The van der Waals surface area contributed by atoms with Gasteiger partial charge >= 0.3 is 12.1 Å². The van der Waals surface area contributed by atoms with E-state index in [1.165, 1.54) is 0 Å². The fourth-order valence-electron chi connectivity index (χ4n) is 3.18. The van der Waals surface area contributed by atoms with Crippen LogP contribution in [0.15, 0.2) is 0 Å². The number of carboxylic acid groups (broad SMARTS) is 1. The number of nitrogens with zero attached hydrogens (tertiary/aromatic N) is 3. The Labute approximate surface area is 170 Å². The number of ether oxygens (including phenoxy) is 1. The van der Waals surface area contributed by atoms with Crippen LogP contribution >= 0.6 is 11.3 Å². The molecule has 0 aromatic carbocycles. The van der Waals surface area contributed by atoms with Gasteiger partial charge in [-0.2, -0.15) is 13.2 Å². The van der Waals surface area contributed by atoms with E-state index in [1.54, 1.807) is 18.3 Å². The number of hydrogen-bond donors (Lipinski definition) is 2. The summed E-state index contributed by atoms with van der Waals surface area (Å²) >= 11 is 1.60. The SMILES string of the molecule is CCS(=O)(=O)NCCC1CCOC12CN(c1nnc(C)s1)C2.O=C(O)C(F)(F)F. The Balaban J connectivity index is 0.000000370. The maximum Gasteiger partial charge on any atom is 0.490 e. The standard InChI is InChI=1S/C13H22N4O3S2.C2HF3O2/c1-3-22(18,19)14-6-4-11-5-7-20-13(11)8-17(9-13)12-16-15-10(2)21-12;3-2(4,5)1(6)7/h11,14H,3-9H2,1-2H3;(H,6,7). The number of sulfonamides is 1. The highest BCUT2D eigenvalue weighted by Crippen LogP contribution is 2.43. The summed E-state index contributed by atoms with van der Waals surface area (Å²) in [5.41, 5.74) is -0.128. The van der Waals surface area contributed by atoms with Gasteiger partial charge in [0.2, 0.25) is 15.2 Å². The van der Waals surface area contributed by atoms with Gasteiger partial charge in [0, 0.05) is 13.2 Å². The summed E-state index contributed by atoms with van der Waals surface area (Å²) < 4.78 is 63.4. The van der Waals surface area contributed by atoms with Gasteiger partial charge in [0.1, 0.15) is 10.6 Å². The molecule has 2 saturated heterocycles. The van der Waals surface area contributed by atoms with E-state index >= 15 is 0 Å². The minimum Gasteiger partial charge on any atom is -0.475 e. The number of carbonyl (C=O) groups is 1. The molecule has 14 heteroatoms. The molecule has 1 atom stereocenters. The van der Waals surface area contributed by atoms with Crippen molar-refractivity contribution in [2.45, 2.75) is 38.5 Å². The first-order valence-electron chi connectivity index (χ1n) is 8.85. The van der Waals surface area contributed by atoms with Crippen molar-refractivity contribution < 1.29 is 36.2 Å². The number of halogens is 3. The molecule has 0 radical (unpaired) electrons. The minimum absolute atomic E-state index is 0.128. The van der Waals surface area contributed by atoms with E-state index < -0.39 is 22.2 Å². The van der Waals surface area contributed by atoms with Crippen molar-refractivity contribution in [3.63, 3.8) is 0 Å². The van der Waals surface area contributed by atoms with Crippen LogP contribution in [0.5, 0.6) is 0 Å². The largest absolute Gasteiger partial charge is 0.490 e. The smallest absolute Gasteiger partial charge is 0.475 e. The average molecular weight is 461 g/mol. The molecule has 0 bridgehead atoms. The maximum atomic E-state index is 11.5. The third-order valence-electron chi connectivity index (χ3n) is 4.74. The Bertz CT molecular complexity index is 809. The van der Waals surface area contributed by atoms with E-state index in [9.17, 15) is 21.6 Å². The zero-order chi connectivity index (χ0) is 21.9. The van der Waals surface area contributed by atoms with Crippen LogP contribution in [0.1, 0.15) is 24.8 Å². The highest BCUT2D eigenvalue weighted by atomic mass is 32.2. The van der Waals surface area contributed by atoms with Crippen molar-refractivity contribution in [1.82, 2.24) is 14.9 Å². The second-order valence-corrected chi connectivity index (χ2v) is 10.0. The summed E-state index contributed by atoms with van der Waals surface area (Å²) in [5.74, 6) is -2.23. The lowest BCUT2D eigenvalue weighted by atomic mass is 9.79. The lowest BCUT2D eigenvalue weighted by molar-refractivity contribution is -0.192. The number of alkyl halides is 3. The molecule has 29 heavy (non-hydrogen) atoms. The quantitative estimate of drug-likeness (QED) is 0.654. The fraction of sp³-hybridized carbons (Fsp3) is 0.800. The summed E-state index contributed by atoms with van der Waals surface area (Å²) in [6, 6.07) is 0. The topological polar surface area (TPSA) is 122 Å². The molecule has 0 saturated carbocycles. The van der Waals surface area contributed by atoms with Gasteiger partial charge in [-0.05, 0) is 32.6 Å². The third-order valence-corrected chi connectivity index (χ3v) is 7.04. The Kier molecular flexibility index (Phi) is 7.46. The number of nitrogens with one attached hydrogen (secondary N) is 1. The highest BCUT2D eigenvalue weighted by molar-refractivity contribution is 7.89. The van der Waals surface area contributed by atoms with Crippen molar-refractivity contribution in [3.8, 4) is 0 Å². The summed E-state index contributed by atoms with van der Waals surface area (Å²) in [6.45, 7) is 6.50. The van der Waals surface area contributed by atoms with Crippen LogP contribution in [-0.2, 0) is 19.6 Å². The first-order chi connectivity index (χ1) is 13.4. The van der Waals surface area contributed by atoms with Crippen molar-refractivity contribution in [2.75, 3.05) is 36.9 Å². The average Bonchev–Trinajstić information content (AvgIpc) is 3.19. The van der Waals surface area contributed by atoms with Gasteiger partial charge < -0.3 is 14.7 Å². The predicted molar refractivity (Wildman–Crippen MR) is 99.4 cm³/mol. The lowest BCUT2D eigenvalue weighted by Crippen LogP contribution is -2.65.